The van der Waals surface area contributed by atoms with Gasteiger partial charge in [-0.3, -0.25) is 10.9 Å². The number of rotatable bonds is 0. The smallest absolute Gasteiger partial charge is 0.343 e. The molecule has 0 atom stereocenters. The van der Waals surface area contributed by atoms with Crippen molar-refractivity contribution in [3.63, 3.8) is 0 Å². The molecule has 0 heterocycles. The summed E-state index contributed by atoms with van der Waals surface area (Å²) in [5.74, 6) is 9.08. The van der Waals surface area contributed by atoms with E-state index in [-0.39, 0.29) is 0 Å². The maximum atomic E-state index is 9.71. The van der Waals surface area contributed by atoms with E-state index in [9.17, 15) is 4.79 Å². The van der Waals surface area contributed by atoms with Crippen molar-refractivity contribution in [3.05, 3.63) is 0 Å². The average Bonchev–Trinajstić information content (AvgIpc) is 2.03. The third-order valence-corrected chi connectivity index (χ3v) is 0.378. The van der Waals surface area contributed by atoms with Crippen molar-refractivity contribution in [1.82, 2.24) is 10.9 Å². The van der Waals surface area contributed by atoms with Crippen LogP contribution < -0.4 is 22.5 Å². The van der Waals surface area contributed by atoms with Crippen LogP contribution in [0.5, 0.6) is 0 Å². The Morgan fingerprint density at radius 3 is 1.90 bits per heavy atom. The van der Waals surface area contributed by atoms with Gasteiger partial charge in [-0.15, -0.1) is 5.16 Å². The molecule has 0 unspecified atom stereocenters. The Labute approximate surface area is 58.0 Å². The van der Waals surface area contributed by atoms with Gasteiger partial charge in [0, 0.05) is 6.21 Å². The number of carbonyl (C=O) groups excluding carboxylic acids is 1. The van der Waals surface area contributed by atoms with Gasteiger partial charge in [-0.2, -0.15) is 0 Å². The van der Waals surface area contributed by atoms with E-state index >= 15 is 0 Å². The quantitative estimate of drug-likeness (QED) is 0.0944. The molecular weight excluding hydrogens is 138 g/mol. The van der Waals surface area contributed by atoms with Crippen LogP contribution in [0.1, 0.15) is 6.92 Å². The molecule has 0 spiro atoms. The van der Waals surface area contributed by atoms with E-state index in [1.165, 1.54) is 6.21 Å². The van der Waals surface area contributed by atoms with Crippen molar-refractivity contribution in [1.29, 1.82) is 0 Å². The second-order valence-electron chi connectivity index (χ2n) is 0.991. The topological polar surface area (TPSA) is 126 Å². The Hall–Kier alpha value is -1.34. The van der Waals surface area contributed by atoms with Crippen molar-refractivity contribution < 1.29 is 10.0 Å². The molecule has 0 bridgehead atoms. The van der Waals surface area contributed by atoms with Gasteiger partial charge in [-0.25, -0.2) is 16.5 Å². The number of hydrogen-bond acceptors (Lipinski definition) is 5. The fraction of sp³-hybridized carbons (Fsp3) is 0.333. The summed E-state index contributed by atoms with van der Waals surface area (Å²) in [6.07, 6.45) is 1.31. The molecule has 0 aliphatic rings. The van der Waals surface area contributed by atoms with Crippen LogP contribution >= 0.6 is 0 Å². The van der Waals surface area contributed by atoms with Gasteiger partial charge in [-0.05, 0) is 6.92 Å². The van der Waals surface area contributed by atoms with Gasteiger partial charge in [0.05, 0.1) is 0 Å². The molecule has 10 heavy (non-hydrogen) atoms. The molecule has 0 aliphatic carbocycles. The first kappa shape index (κ1) is 11.5. The number of urea groups is 1. The number of carbonyl (C=O) groups is 1. The van der Waals surface area contributed by atoms with E-state index in [0.717, 1.165) is 0 Å². The minimum absolute atomic E-state index is 0.602. The summed E-state index contributed by atoms with van der Waals surface area (Å²) in [5.41, 5.74) is 3.48. The largest absolute Gasteiger partial charge is 0.411 e. The summed E-state index contributed by atoms with van der Waals surface area (Å²) >= 11 is 0. The lowest BCUT2D eigenvalue weighted by Crippen LogP contribution is -2.43. The minimum atomic E-state index is -0.602. The zero-order valence-corrected chi connectivity index (χ0v) is 5.53. The third kappa shape index (κ3) is 15.9. The van der Waals surface area contributed by atoms with Crippen LogP contribution in [0.4, 0.5) is 4.79 Å². The Balaban J connectivity index is 0. The Bertz CT molecular complexity index is 93.1. The lowest BCUT2D eigenvalue weighted by molar-refractivity contribution is 0.241. The summed E-state index contributed by atoms with van der Waals surface area (Å²) in [6.45, 7) is 1.64. The van der Waals surface area contributed by atoms with Gasteiger partial charge < -0.3 is 5.21 Å². The highest BCUT2D eigenvalue weighted by Crippen LogP contribution is 1.42. The molecule has 2 amide bonds. The number of nitrogens with two attached hydrogens (primary N) is 2. The number of amides is 2. The highest BCUT2D eigenvalue weighted by atomic mass is 16.4. The number of nitrogens with zero attached hydrogens (tertiary/aromatic N) is 1. The monoisotopic (exact) mass is 149 g/mol. The first-order valence-electron chi connectivity index (χ1n) is 2.32. The fourth-order valence-electron chi connectivity index (χ4n) is 0.0417. The fourth-order valence-corrected chi connectivity index (χ4v) is 0.0417. The zero-order valence-electron chi connectivity index (χ0n) is 5.53. The van der Waals surface area contributed by atoms with Crippen molar-refractivity contribution in [2.24, 2.45) is 16.8 Å². The second kappa shape index (κ2) is 10.6. The van der Waals surface area contributed by atoms with Crippen LogP contribution in [0.2, 0.25) is 0 Å². The molecule has 0 rings (SSSR count). The summed E-state index contributed by atoms with van der Waals surface area (Å²) in [5, 5.41) is 10.1. The van der Waals surface area contributed by atoms with Gasteiger partial charge in [0.25, 0.3) is 0 Å². The molecule has 0 aromatic heterocycles. The van der Waals surface area contributed by atoms with E-state index in [2.05, 4.69) is 16.8 Å². The van der Waals surface area contributed by atoms with Crippen molar-refractivity contribution in [2.75, 3.05) is 0 Å². The number of oxime groups is 1. The van der Waals surface area contributed by atoms with Crippen LogP contribution in [0.15, 0.2) is 5.16 Å². The zero-order chi connectivity index (χ0) is 8.41. The van der Waals surface area contributed by atoms with E-state index in [4.69, 9.17) is 5.21 Å². The van der Waals surface area contributed by atoms with E-state index < -0.39 is 6.03 Å². The van der Waals surface area contributed by atoms with Crippen molar-refractivity contribution in [2.45, 2.75) is 6.92 Å². The predicted molar refractivity (Wildman–Crippen MR) is 36.0 cm³/mol. The molecule has 60 valence electrons. The maximum absolute atomic E-state index is 9.71. The Kier molecular flexibility index (Phi) is 12.1. The van der Waals surface area contributed by atoms with E-state index in [1.807, 2.05) is 0 Å². The van der Waals surface area contributed by atoms with Crippen LogP contribution in [-0.2, 0) is 0 Å². The van der Waals surface area contributed by atoms with Gasteiger partial charge >= 0.3 is 6.03 Å². The molecular formula is C3H11N5O2. The van der Waals surface area contributed by atoms with Gasteiger partial charge in [0.2, 0.25) is 0 Å². The van der Waals surface area contributed by atoms with Crippen molar-refractivity contribution in [3.8, 4) is 0 Å². The molecule has 0 aromatic carbocycles. The van der Waals surface area contributed by atoms with Crippen LogP contribution in [0.25, 0.3) is 0 Å². The minimum Gasteiger partial charge on any atom is -0.411 e. The second-order valence-corrected chi connectivity index (χ2v) is 0.991. The molecule has 7 N–H and O–H groups in total. The SMILES string of the molecule is CC=NO.NNC(=O)NN. The van der Waals surface area contributed by atoms with Gasteiger partial charge in [-0.1, -0.05) is 0 Å². The summed E-state index contributed by atoms with van der Waals surface area (Å²) in [6, 6.07) is -0.602. The lowest BCUT2D eigenvalue weighted by Gasteiger charge is -1.90. The lowest BCUT2D eigenvalue weighted by atomic mass is 10.9. The Morgan fingerprint density at radius 1 is 1.60 bits per heavy atom. The van der Waals surface area contributed by atoms with Crippen LogP contribution in [-0.4, -0.2) is 17.5 Å². The molecule has 7 nitrogen and oxygen atoms in total. The molecule has 0 fully saturated rings. The van der Waals surface area contributed by atoms with Crippen LogP contribution in [0.3, 0.4) is 0 Å². The summed E-state index contributed by atoms with van der Waals surface area (Å²) in [4.78, 5) is 9.71. The first-order valence-corrected chi connectivity index (χ1v) is 2.32. The molecule has 0 aliphatic heterocycles. The molecule has 0 saturated heterocycles. The standard InChI is InChI=1S/C2H5NO.CH6N4O/c1-2-3-4;2-4-1(6)5-3/h2,4H,1H3;2-3H2,(H2,4,5,6). The maximum Gasteiger partial charge on any atom is 0.343 e. The third-order valence-electron chi connectivity index (χ3n) is 0.378. The van der Waals surface area contributed by atoms with E-state index in [1.54, 1.807) is 17.8 Å². The molecule has 0 saturated carbocycles. The summed E-state index contributed by atoms with van der Waals surface area (Å²) in [7, 11) is 0. The first-order chi connectivity index (χ1) is 4.72. The highest BCUT2D eigenvalue weighted by Gasteiger charge is 1.82. The predicted octanol–water partition coefficient (Wildman–Crippen LogP) is -1.50. The van der Waals surface area contributed by atoms with Crippen LogP contribution in [0, 0.1) is 0 Å². The normalized spacial score (nSPS) is 7.90. The average molecular weight is 149 g/mol. The number of hydrogen-bond donors (Lipinski definition) is 5. The molecule has 7 heteroatoms. The number of nitrogens with one attached hydrogen (secondary N) is 2. The molecule has 0 aromatic rings. The van der Waals surface area contributed by atoms with Gasteiger partial charge in [0.1, 0.15) is 0 Å². The Morgan fingerprint density at radius 2 is 1.90 bits per heavy atom. The van der Waals surface area contributed by atoms with Gasteiger partial charge in [0.15, 0.2) is 0 Å². The highest BCUT2D eigenvalue weighted by molar-refractivity contribution is 5.72. The van der Waals surface area contributed by atoms with E-state index in [0.29, 0.717) is 0 Å². The van der Waals surface area contributed by atoms with Crippen molar-refractivity contribution >= 4 is 12.2 Å². The number of hydrazine groups is 2. The summed E-state index contributed by atoms with van der Waals surface area (Å²) < 4.78 is 0. The molecule has 0 radical (unpaired) electrons.